The molecule has 3 aliphatic heterocycles. The summed E-state index contributed by atoms with van der Waals surface area (Å²) in [5.41, 5.74) is 0.720. The second-order valence-electron chi connectivity index (χ2n) is 7.64. The van der Waals surface area contributed by atoms with Gasteiger partial charge in [0.1, 0.15) is 18.9 Å². The van der Waals surface area contributed by atoms with Crippen LogP contribution in [0.3, 0.4) is 0 Å². The van der Waals surface area contributed by atoms with Crippen molar-refractivity contribution in [2.75, 3.05) is 31.2 Å². The van der Waals surface area contributed by atoms with Gasteiger partial charge in [0.2, 0.25) is 0 Å². The van der Waals surface area contributed by atoms with Crippen LogP contribution in [0.15, 0.2) is 46.9 Å². The molecule has 3 aliphatic rings. The lowest BCUT2D eigenvalue weighted by Crippen LogP contribution is -2.47. The van der Waals surface area contributed by atoms with Gasteiger partial charge in [-0.05, 0) is 43.5 Å². The van der Waals surface area contributed by atoms with Gasteiger partial charge in [0, 0.05) is 22.5 Å². The van der Waals surface area contributed by atoms with Crippen LogP contribution in [0.25, 0.3) is 0 Å². The molecule has 1 unspecified atom stereocenters. The van der Waals surface area contributed by atoms with Crippen molar-refractivity contribution in [2.24, 2.45) is 0 Å². The Kier molecular flexibility index (Phi) is 5.91. The van der Waals surface area contributed by atoms with Crippen molar-refractivity contribution in [1.82, 2.24) is 0 Å². The van der Waals surface area contributed by atoms with Crippen LogP contribution in [0.1, 0.15) is 31.2 Å². The lowest BCUT2D eigenvalue weighted by Gasteiger charge is -2.30. The van der Waals surface area contributed by atoms with Gasteiger partial charge in [0.15, 0.2) is 18.0 Å². The minimum absolute atomic E-state index is 0. The molecule has 0 spiro atoms. The third-order valence-electron chi connectivity index (χ3n) is 5.82. The van der Waals surface area contributed by atoms with Crippen molar-refractivity contribution in [3.05, 3.63) is 52.5 Å². The molecule has 2 aromatic carbocycles. The topological polar surface area (TPSA) is 44.9 Å². The predicted octanol–water partition coefficient (Wildman–Crippen LogP) is 4.45. The van der Waals surface area contributed by atoms with Gasteiger partial charge in [0.05, 0.1) is 6.54 Å². The number of aliphatic hydroxyl groups is 1. The zero-order chi connectivity index (χ0) is 19.1. The number of ether oxygens (including phenoxy) is 2. The van der Waals surface area contributed by atoms with E-state index < -0.39 is 5.72 Å². The highest BCUT2D eigenvalue weighted by molar-refractivity contribution is 9.10. The summed E-state index contributed by atoms with van der Waals surface area (Å²) < 4.78 is 14.9. The Labute approximate surface area is 189 Å². The molecule has 0 bridgehead atoms. The summed E-state index contributed by atoms with van der Waals surface area (Å²) in [6.45, 7) is 2.67. The zero-order valence-corrected chi connectivity index (χ0v) is 19.4. The van der Waals surface area contributed by atoms with E-state index in [1.807, 2.05) is 42.5 Å². The lowest BCUT2D eigenvalue weighted by molar-refractivity contribution is -0.534. The first-order valence-corrected chi connectivity index (χ1v) is 10.7. The van der Waals surface area contributed by atoms with E-state index in [0.717, 1.165) is 53.0 Å². The molecule has 0 saturated heterocycles. The monoisotopic (exact) mass is 523 g/mol. The van der Waals surface area contributed by atoms with Crippen molar-refractivity contribution in [2.45, 2.75) is 31.4 Å². The maximum atomic E-state index is 12.0. The molecule has 7 heteroatoms. The highest BCUT2D eigenvalue weighted by Gasteiger charge is 2.54. The highest BCUT2D eigenvalue weighted by atomic mass is 79.9. The number of nitrogens with zero attached hydrogens (tertiary/aromatic N) is 2. The molecule has 1 N–H and O–H groups in total. The summed E-state index contributed by atoms with van der Waals surface area (Å²) in [4.78, 5) is 2.11. The Hall–Kier alpha value is -1.57. The van der Waals surface area contributed by atoms with E-state index in [0.29, 0.717) is 19.8 Å². The largest absolute Gasteiger partial charge is 0.486 e. The number of hydrogen-bond donors (Lipinski definition) is 1. The third kappa shape index (κ3) is 3.68. The fourth-order valence-corrected chi connectivity index (χ4v) is 4.76. The lowest BCUT2D eigenvalue weighted by atomic mass is 10.00. The van der Waals surface area contributed by atoms with Crippen LogP contribution >= 0.6 is 32.9 Å². The van der Waals surface area contributed by atoms with Gasteiger partial charge in [-0.2, -0.15) is 4.90 Å². The van der Waals surface area contributed by atoms with Crippen LogP contribution in [0.2, 0.25) is 0 Å². The highest BCUT2D eigenvalue weighted by Crippen LogP contribution is 2.41. The van der Waals surface area contributed by atoms with Gasteiger partial charge < -0.3 is 14.6 Å². The van der Waals surface area contributed by atoms with E-state index in [4.69, 9.17) is 9.47 Å². The first-order valence-electron chi connectivity index (χ1n) is 9.94. The molecule has 0 aliphatic carbocycles. The maximum Gasteiger partial charge on any atom is 0.275 e. The Morgan fingerprint density at radius 3 is 2.52 bits per heavy atom. The number of hydrogen-bond acceptors (Lipinski definition) is 4. The molecule has 0 aromatic heterocycles. The number of fused-ring (bicyclic) bond motifs is 1. The normalized spacial score (nSPS) is 23.3. The minimum atomic E-state index is -1.11. The SMILES string of the molecule is Br.OC1(c2ccc(Br)cc2)C[N+]2=C(CCCCC2)N1c1ccc2c(c1)OCCO2. The maximum absolute atomic E-state index is 12.0. The average molecular weight is 525 g/mol. The molecule has 0 radical (unpaired) electrons. The molecule has 2 aromatic rings. The van der Waals surface area contributed by atoms with Gasteiger partial charge in [-0.1, -0.05) is 28.1 Å². The van der Waals surface area contributed by atoms with E-state index >= 15 is 0 Å². The van der Waals surface area contributed by atoms with Crippen LogP contribution in [0, 0.1) is 0 Å². The zero-order valence-electron chi connectivity index (χ0n) is 16.1. The quantitative estimate of drug-likeness (QED) is 0.589. The molecular weight excluding hydrogens is 500 g/mol. The van der Waals surface area contributed by atoms with Crippen molar-refractivity contribution in [1.29, 1.82) is 0 Å². The fraction of sp³-hybridized carbons (Fsp3) is 0.409. The molecular formula is C22H25Br2N2O3+. The van der Waals surface area contributed by atoms with Crippen LogP contribution in [0.5, 0.6) is 11.5 Å². The van der Waals surface area contributed by atoms with Crippen molar-refractivity contribution in [3.63, 3.8) is 0 Å². The standard InChI is InChI=1S/C22H24BrN2O3.BrH/c23-17-7-5-16(6-8-17)22(26)15-24-11-3-1-2-4-21(24)25(22)18-9-10-19-20(14-18)28-13-12-27-19;/h5-10,14,26H,1-4,11-13,15H2;1H/q+1;. The minimum Gasteiger partial charge on any atom is -0.486 e. The molecule has 0 saturated carbocycles. The van der Waals surface area contributed by atoms with Crippen molar-refractivity contribution < 1.29 is 19.2 Å². The summed E-state index contributed by atoms with van der Waals surface area (Å²) >= 11 is 3.50. The molecule has 0 amide bonds. The molecule has 3 heterocycles. The third-order valence-corrected chi connectivity index (χ3v) is 6.35. The van der Waals surface area contributed by atoms with Crippen LogP contribution in [0.4, 0.5) is 5.69 Å². The van der Waals surface area contributed by atoms with E-state index in [9.17, 15) is 5.11 Å². The second-order valence-corrected chi connectivity index (χ2v) is 8.55. The van der Waals surface area contributed by atoms with Gasteiger partial charge in [0.25, 0.3) is 11.6 Å². The van der Waals surface area contributed by atoms with Crippen LogP contribution < -0.4 is 14.4 Å². The fourth-order valence-electron chi connectivity index (χ4n) is 4.49. The van der Waals surface area contributed by atoms with Crippen LogP contribution in [-0.2, 0) is 5.72 Å². The molecule has 29 heavy (non-hydrogen) atoms. The molecule has 5 nitrogen and oxygen atoms in total. The number of halogens is 2. The van der Waals surface area contributed by atoms with E-state index in [-0.39, 0.29) is 17.0 Å². The van der Waals surface area contributed by atoms with Gasteiger partial charge in [-0.15, -0.1) is 17.0 Å². The van der Waals surface area contributed by atoms with Gasteiger partial charge in [-0.3, -0.25) is 4.58 Å². The summed E-state index contributed by atoms with van der Waals surface area (Å²) in [6.07, 6.45) is 4.50. The van der Waals surface area contributed by atoms with E-state index in [1.165, 1.54) is 12.3 Å². The number of rotatable bonds is 2. The summed E-state index contributed by atoms with van der Waals surface area (Å²) in [6, 6.07) is 14.0. The van der Waals surface area contributed by atoms with Gasteiger partial charge >= 0.3 is 0 Å². The number of amidine groups is 1. The molecule has 0 fully saturated rings. The molecule has 154 valence electrons. The molecule has 1 atom stereocenters. The number of anilines is 1. The summed E-state index contributed by atoms with van der Waals surface area (Å²) in [5, 5.41) is 12.0. The average Bonchev–Trinajstić information content (AvgIpc) is 2.84. The van der Waals surface area contributed by atoms with Crippen LogP contribution in [-0.4, -0.2) is 41.8 Å². The smallest absolute Gasteiger partial charge is 0.275 e. The summed E-state index contributed by atoms with van der Waals surface area (Å²) in [7, 11) is 0. The predicted molar refractivity (Wildman–Crippen MR) is 122 cm³/mol. The van der Waals surface area contributed by atoms with E-state index in [1.54, 1.807) is 0 Å². The summed E-state index contributed by atoms with van der Waals surface area (Å²) in [5.74, 6) is 2.71. The van der Waals surface area contributed by atoms with Crippen molar-refractivity contribution >= 4 is 44.4 Å². The Balaban J connectivity index is 0.00000205. The molecule has 5 rings (SSSR count). The first-order chi connectivity index (χ1) is 13.6. The van der Waals surface area contributed by atoms with E-state index in [2.05, 4.69) is 25.4 Å². The Bertz CT molecular complexity index is 932. The second kappa shape index (κ2) is 8.28. The number of benzene rings is 2. The Morgan fingerprint density at radius 1 is 0.966 bits per heavy atom. The van der Waals surface area contributed by atoms with Gasteiger partial charge in [-0.25, -0.2) is 0 Å². The Morgan fingerprint density at radius 2 is 1.72 bits per heavy atom. The first kappa shape index (κ1) is 20.7. The van der Waals surface area contributed by atoms with Crippen molar-refractivity contribution in [3.8, 4) is 11.5 Å².